The van der Waals surface area contributed by atoms with Crippen molar-refractivity contribution < 1.29 is 9.00 Å². The second-order valence-electron chi connectivity index (χ2n) is 4.53. The zero-order valence-corrected chi connectivity index (χ0v) is 12.4. The fraction of sp³-hybridized carbons (Fsp3) is 0.909. The highest BCUT2D eigenvalue weighted by Crippen LogP contribution is 2.15. The van der Waals surface area contributed by atoms with Crippen molar-refractivity contribution in [2.24, 2.45) is 0 Å². The van der Waals surface area contributed by atoms with E-state index in [-0.39, 0.29) is 12.1 Å². The second kappa shape index (κ2) is 7.26. The molecule has 2 amide bonds. The van der Waals surface area contributed by atoms with Gasteiger partial charge in [0.2, 0.25) is 0 Å². The summed E-state index contributed by atoms with van der Waals surface area (Å²) in [4.78, 5) is 14.0. The number of carbonyl (C=O) groups excluding carboxylic acids is 1. The van der Waals surface area contributed by atoms with Gasteiger partial charge in [-0.15, -0.1) is 0 Å². The molecular weight excluding hydrogens is 256 g/mol. The topological polar surface area (TPSA) is 49.4 Å². The molecule has 6 heteroatoms. The third-order valence-corrected chi connectivity index (χ3v) is 4.77. The lowest BCUT2D eigenvalue weighted by atomic mass is 10.2. The normalized spacial score (nSPS) is 24.9. The third-order valence-electron chi connectivity index (χ3n) is 2.80. The average molecular weight is 278 g/mol. The SMILES string of the molecule is CC(CS(C)=O)NC(=O)N1CCSCCC1C. The van der Waals surface area contributed by atoms with Crippen LogP contribution in [0.15, 0.2) is 0 Å². The van der Waals surface area contributed by atoms with Crippen molar-refractivity contribution in [3.05, 3.63) is 0 Å². The number of hydrogen-bond acceptors (Lipinski definition) is 3. The van der Waals surface area contributed by atoms with E-state index in [1.54, 1.807) is 6.26 Å². The molecule has 1 rings (SSSR count). The molecule has 1 heterocycles. The van der Waals surface area contributed by atoms with Crippen LogP contribution in [0.1, 0.15) is 20.3 Å². The Kier molecular flexibility index (Phi) is 6.33. The van der Waals surface area contributed by atoms with E-state index >= 15 is 0 Å². The molecule has 0 aliphatic carbocycles. The predicted molar refractivity (Wildman–Crippen MR) is 75.0 cm³/mol. The molecule has 4 nitrogen and oxygen atoms in total. The summed E-state index contributed by atoms with van der Waals surface area (Å²) in [6, 6.07) is 0.249. The average Bonchev–Trinajstić information content (AvgIpc) is 2.41. The zero-order valence-electron chi connectivity index (χ0n) is 10.8. The first-order valence-corrected chi connectivity index (χ1v) is 8.83. The van der Waals surface area contributed by atoms with Crippen molar-refractivity contribution in [1.82, 2.24) is 10.2 Å². The number of rotatable bonds is 3. The Hall–Kier alpha value is -0.230. The molecule has 1 aliphatic heterocycles. The van der Waals surface area contributed by atoms with Gasteiger partial charge in [-0.3, -0.25) is 4.21 Å². The van der Waals surface area contributed by atoms with Gasteiger partial charge in [0.25, 0.3) is 0 Å². The number of amides is 2. The zero-order chi connectivity index (χ0) is 12.8. The van der Waals surface area contributed by atoms with Crippen molar-refractivity contribution in [1.29, 1.82) is 0 Å². The first-order chi connectivity index (χ1) is 8.00. The molecular formula is C11H22N2O2S2. The van der Waals surface area contributed by atoms with Gasteiger partial charge in [0.05, 0.1) is 0 Å². The molecule has 0 aromatic carbocycles. The van der Waals surface area contributed by atoms with E-state index in [9.17, 15) is 9.00 Å². The molecule has 100 valence electrons. The van der Waals surface area contributed by atoms with E-state index in [1.807, 2.05) is 23.6 Å². The van der Waals surface area contributed by atoms with Crippen molar-refractivity contribution >= 4 is 28.6 Å². The van der Waals surface area contributed by atoms with Gasteiger partial charge in [0.1, 0.15) is 0 Å². The van der Waals surface area contributed by atoms with E-state index in [0.717, 1.165) is 24.5 Å². The number of nitrogens with zero attached hydrogens (tertiary/aromatic N) is 1. The van der Waals surface area contributed by atoms with Crippen LogP contribution in [-0.2, 0) is 10.8 Å². The molecule has 3 atom stereocenters. The van der Waals surface area contributed by atoms with Gasteiger partial charge in [-0.1, -0.05) is 0 Å². The van der Waals surface area contributed by atoms with E-state index in [1.165, 1.54) is 0 Å². The van der Waals surface area contributed by atoms with Gasteiger partial charge in [0, 0.05) is 47.2 Å². The lowest BCUT2D eigenvalue weighted by Crippen LogP contribution is -2.49. The summed E-state index contributed by atoms with van der Waals surface area (Å²) >= 11 is 1.90. The fourth-order valence-electron chi connectivity index (χ4n) is 1.88. The first kappa shape index (κ1) is 14.8. The van der Waals surface area contributed by atoms with E-state index < -0.39 is 10.8 Å². The van der Waals surface area contributed by atoms with Crippen LogP contribution in [0.3, 0.4) is 0 Å². The number of nitrogens with one attached hydrogen (secondary N) is 1. The minimum atomic E-state index is -0.867. The quantitative estimate of drug-likeness (QED) is 0.846. The molecule has 1 saturated heterocycles. The Balaban J connectivity index is 2.47. The van der Waals surface area contributed by atoms with Crippen LogP contribution in [0.5, 0.6) is 0 Å². The maximum Gasteiger partial charge on any atom is 0.317 e. The largest absolute Gasteiger partial charge is 0.335 e. The molecule has 17 heavy (non-hydrogen) atoms. The number of carbonyl (C=O) groups is 1. The van der Waals surface area contributed by atoms with Gasteiger partial charge in [0.15, 0.2) is 0 Å². The van der Waals surface area contributed by atoms with Crippen LogP contribution in [0.4, 0.5) is 4.79 Å². The molecule has 0 aromatic rings. The summed E-state index contributed by atoms with van der Waals surface area (Å²) in [5.41, 5.74) is 0. The van der Waals surface area contributed by atoms with Gasteiger partial charge >= 0.3 is 6.03 Å². The Morgan fingerprint density at radius 1 is 1.59 bits per heavy atom. The van der Waals surface area contributed by atoms with Crippen LogP contribution < -0.4 is 5.32 Å². The maximum atomic E-state index is 12.1. The van der Waals surface area contributed by atoms with E-state index in [0.29, 0.717) is 11.8 Å². The summed E-state index contributed by atoms with van der Waals surface area (Å²) in [7, 11) is -0.867. The summed E-state index contributed by atoms with van der Waals surface area (Å²) in [6.45, 7) is 4.80. The third kappa shape index (κ3) is 5.29. The molecule has 1 N–H and O–H groups in total. The smallest absolute Gasteiger partial charge is 0.317 e. The van der Waals surface area contributed by atoms with Crippen molar-refractivity contribution in [2.75, 3.05) is 30.1 Å². The molecule has 0 spiro atoms. The van der Waals surface area contributed by atoms with Crippen LogP contribution in [0.25, 0.3) is 0 Å². The van der Waals surface area contributed by atoms with Crippen molar-refractivity contribution in [3.8, 4) is 0 Å². The first-order valence-electron chi connectivity index (χ1n) is 5.95. The lowest BCUT2D eigenvalue weighted by molar-refractivity contribution is 0.181. The minimum absolute atomic E-state index is 0.0158. The summed E-state index contributed by atoms with van der Waals surface area (Å²) in [5.74, 6) is 2.65. The minimum Gasteiger partial charge on any atom is -0.335 e. The Morgan fingerprint density at radius 2 is 2.29 bits per heavy atom. The lowest BCUT2D eigenvalue weighted by Gasteiger charge is -2.28. The Morgan fingerprint density at radius 3 is 2.94 bits per heavy atom. The highest BCUT2D eigenvalue weighted by Gasteiger charge is 2.23. The van der Waals surface area contributed by atoms with E-state index in [4.69, 9.17) is 0 Å². The predicted octanol–water partition coefficient (Wildman–Crippen LogP) is 1.29. The number of hydrogen-bond donors (Lipinski definition) is 1. The summed E-state index contributed by atoms with van der Waals surface area (Å²) in [6.07, 6.45) is 2.71. The van der Waals surface area contributed by atoms with Crippen LogP contribution in [0, 0.1) is 0 Å². The Labute approximate surface area is 110 Å². The summed E-state index contributed by atoms with van der Waals surface area (Å²) < 4.78 is 11.1. The molecule has 1 fully saturated rings. The van der Waals surface area contributed by atoms with E-state index in [2.05, 4.69) is 12.2 Å². The van der Waals surface area contributed by atoms with Gasteiger partial charge in [-0.25, -0.2) is 4.79 Å². The Bertz CT molecular complexity index is 287. The monoisotopic (exact) mass is 278 g/mol. The fourth-order valence-corrected chi connectivity index (χ4v) is 3.71. The van der Waals surface area contributed by atoms with Crippen molar-refractivity contribution in [3.63, 3.8) is 0 Å². The molecule has 0 bridgehead atoms. The highest BCUT2D eigenvalue weighted by atomic mass is 32.2. The molecule has 1 aliphatic rings. The van der Waals surface area contributed by atoms with Crippen molar-refractivity contribution in [2.45, 2.75) is 32.4 Å². The second-order valence-corrected chi connectivity index (χ2v) is 7.24. The number of thioether (sulfide) groups is 1. The maximum absolute atomic E-state index is 12.1. The van der Waals surface area contributed by atoms with Gasteiger partial charge in [-0.05, 0) is 26.0 Å². The molecule has 0 aromatic heterocycles. The highest BCUT2D eigenvalue weighted by molar-refractivity contribution is 7.99. The van der Waals surface area contributed by atoms with Crippen LogP contribution >= 0.6 is 11.8 Å². The molecule has 0 radical (unpaired) electrons. The van der Waals surface area contributed by atoms with Gasteiger partial charge in [-0.2, -0.15) is 11.8 Å². The number of urea groups is 1. The molecule has 3 unspecified atom stereocenters. The standard InChI is InChI=1S/C11H22N2O2S2/c1-9(8-17(3)15)12-11(14)13-5-7-16-6-4-10(13)2/h9-10H,4-8H2,1-3H3,(H,12,14). The van der Waals surface area contributed by atoms with Crippen LogP contribution in [0.2, 0.25) is 0 Å². The van der Waals surface area contributed by atoms with Crippen LogP contribution in [-0.4, -0.2) is 57.3 Å². The summed E-state index contributed by atoms with van der Waals surface area (Å²) in [5, 5.41) is 2.92. The van der Waals surface area contributed by atoms with Gasteiger partial charge < -0.3 is 10.2 Å². The molecule has 0 saturated carbocycles.